The van der Waals surface area contributed by atoms with Crippen molar-refractivity contribution in [3.8, 4) is 0 Å². The van der Waals surface area contributed by atoms with Gasteiger partial charge in [0, 0.05) is 17.8 Å². The van der Waals surface area contributed by atoms with Crippen molar-refractivity contribution in [1.29, 1.82) is 0 Å². The van der Waals surface area contributed by atoms with E-state index in [9.17, 15) is 23.1 Å². The molecule has 0 aromatic rings. The molecule has 1 rings (SSSR count). The quantitative estimate of drug-likeness (QED) is 0.213. The van der Waals surface area contributed by atoms with Crippen LogP contribution in [0.5, 0.6) is 0 Å². The smallest absolute Gasteiger partial charge is 0.743 e. The predicted octanol–water partition coefficient (Wildman–Crippen LogP) is -2.92. The summed E-state index contributed by atoms with van der Waals surface area (Å²) in [6, 6.07) is 0. The Morgan fingerprint density at radius 2 is 1.62 bits per heavy atom. The Morgan fingerprint density at radius 1 is 1.23 bits per heavy atom. The topological polar surface area (TPSA) is 100 Å². The van der Waals surface area contributed by atoms with Gasteiger partial charge in [0.25, 0.3) is 0 Å². The van der Waals surface area contributed by atoms with Crippen molar-refractivity contribution in [2.24, 2.45) is 0 Å². The minimum absolute atomic E-state index is 0. The van der Waals surface area contributed by atoms with E-state index in [4.69, 9.17) is 0 Å². The second kappa shape index (κ2) is 4.22. The summed E-state index contributed by atoms with van der Waals surface area (Å²) in [5, 5.41) is 10.4. The Hall–Kier alpha value is 0.310. The monoisotopic (exact) mass is 217 g/mol. The van der Waals surface area contributed by atoms with Crippen molar-refractivity contribution >= 4 is 10.1 Å². The van der Waals surface area contributed by atoms with Gasteiger partial charge in [-0.05, 0) is 12.8 Å². The van der Waals surface area contributed by atoms with Gasteiger partial charge in [0.2, 0.25) is 0 Å². The molecule has 1 aliphatic rings. The average molecular weight is 217 g/mol. The average Bonchev–Trinajstić information content (AvgIpc) is 2.31. The van der Waals surface area contributed by atoms with Crippen molar-refractivity contribution in [2.75, 3.05) is 0 Å². The molecule has 70 valence electrons. The molecular weight excluding hydrogens is 209 g/mol. The molecule has 0 amide bonds. The summed E-state index contributed by atoms with van der Waals surface area (Å²) in [4.78, 5) is 7.21. The fourth-order valence-electron chi connectivity index (χ4n) is 1.45. The minimum Gasteiger partial charge on any atom is -0.743 e. The Morgan fingerprint density at radius 3 is 1.77 bits per heavy atom. The summed E-state index contributed by atoms with van der Waals surface area (Å²) >= 11 is 0. The van der Waals surface area contributed by atoms with Crippen LogP contribution < -0.4 is 29.6 Å². The third kappa shape index (κ3) is 2.21. The molecule has 0 N–H and O–H groups in total. The third-order valence-corrected chi connectivity index (χ3v) is 3.67. The van der Waals surface area contributed by atoms with Crippen LogP contribution in [0.2, 0.25) is 0 Å². The van der Waals surface area contributed by atoms with E-state index in [1.807, 2.05) is 0 Å². The van der Waals surface area contributed by atoms with Crippen molar-refractivity contribution in [3.63, 3.8) is 0 Å². The van der Waals surface area contributed by atoms with E-state index in [0.29, 0.717) is 12.8 Å². The van der Waals surface area contributed by atoms with E-state index < -0.39 is 19.9 Å². The van der Waals surface area contributed by atoms with Gasteiger partial charge < -0.3 is 4.55 Å². The van der Waals surface area contributed by atoms with Crippen LogP contribution in [0.15, 0.2) is 0 Å². The summed E-state index contributed by atoms with van der Waals surface area (Å²) in [5.41, 5.74) is 0. The van der Waals surface area contributed by atoms with Crippen LogP contribution in [0.25, 0.3) is 0 Å². The molecule has 0 aliphatic heterocycles. The molecule has 1 aliphatic carbocycles. The van der Waals surface area contributed by atoms with Crippen LogP contribution in [0.3, 0.4) is 0 Å². The van der Waals surface area contributed by atoms with E-state index >= 15 is 0 Å². The Balaban J connectivity index is 0.00000144. The molecule has 0 bridgehead atoms. The van der Waals surface area contributed by atoms with Gasteiger partial charge in [0.15, 0.2) is 10.1 Å². The van der Waals surface area contributed by atoms with Gasteiger partial charge in [-0.1, -0.05) is 0 Å². The Labute approximate surface area is 97.9 Å². The molecule has 1 fully saturated rings. The Kier molecular flexibility index (Phi) is 4.32. The van der Waals surface area contributed by atoms with E-state index in [1.165, 1.54) is 0 Å². The number of hydrogen-bond donors (Lipinski definition) is 0. The summed E-state index contributed by atoms with van der Waals surface area (Å²) in [6.45, 7) is 0. The van der Waals surface area contributed by atoms with E-state index in [0.717, 1.165) is 0 Å². The van der Waals surface area contributed by atoms with Crippen LogP contribution >= 0.6 is 0 Å². The number of hydrogen-bond acceptors (Lipinski definition) is 5. The second-order valence-corrected chi connectivity index (χ2v) is 4.53. The van der Waals surface area contributed by atoms with Gasteiger partial charge in [0.05, 0.1) is 0 Å². The Bertz CT molecular complexity index is 294. The first-order chi connectivity index (χ1) is 5.40. The van der Waals surface area contributed by atoms with Crippen LogP contribution in [0.4, 0.5) is 0 Å². The fourth-order valence-corrected chi connectivity index (χ4v) is 2.42. The molecule has 0 spiro atoms. The molecule has 13 heavy (non-hydrogen) atoms. The largest absolute Gasteiger partial charge is 1.00 e. The molecule has 0 aromatic carbocycles. The molecule has 0 heterocycles. The zero-order valence-corrected chi connectivity index (χ0v) is 10.0. The van der Waals surface area contributed by atoms with Gasteiger partial charge in [-0.2, -0.15) is 0 Å². The standard InChI is InChI=1S/C5H9NO5S.Na/c7-6(8)5(12(9,10)11)3-1-2-4-5;/h1-4H2,(H,9,10,11);/q;+1/p-1. The van der Waals surface area contributed by atoms with Crippen LogP contribution in [-0.4, -0.2) is 22.8 Å². The van der Waals surface area contributed by atoms with Crippen LogP contribution in [0.1, 0.15) is 25.7 Å². The van der Waals surface area contributed by atoms with Crippen molar-refractivity contribution in [3.05, 3.63) is 10.1 Å². The number of rotatable bonds is 2. The van der Waals surface area contributed by atoms with Gasteiger partial charge in [0.1, 0.15) is 0 Å². The SMILES string of the molecule is O=[N+]([O-])C1(S(=O)(=O)[O-])CCCC1.[Na+]. The normalized spacial score (nSPS) is 20.7. The third-order valence-electron chi connectivity index (χ3n) is 2.18. The molecule has 1 saturated carbocycles. The maximum atomic E-state index is 10.6. The molecular formula is C5H8NNaO5S. The summed E-state index contributed by atoms with van der Waals surface area (Å²) < 4.78 is 31.8. The zero-order valence-electron chi connectivity index (χ0n) is 7.23. The first-order valence-electron chi connectivity index (χ1n) is 3.50. The van der Waals surface area contributed by atoms with Crippen LogP contribution in [0, 0.1) is 10.1 Å². The van der Waals surface area contributed by atoms with Crippen molar-refractivity contribution in [1.82, 2.24) is 0 Å². The van der Waals surface area contributed by atoms with Gasteiger partial charge in [-0.25, -0.2) is 8.42 Å². The molecule has 0 aromatic heterocycles. The number of nitro groups is 1. The van der Waals surface area contributed by atoms with Gasteiger partial charge in [-0.3, -0.25) is 10.1 Å². The van der Waals surface area contributed by atoms with Gasteiger partial charge in [-0.15, -0.1) is 0 Å². The van der Waals surface area contributed by atoms with Gasteiger partial charge >= 0.3 is 34.4 Å². The summed E-state index contributed by atoms with van der Waals surface area (Å²) in [5.74, 6) is 0. The van der Waals surface area contributed by atoms with E-state index in [1.54, 1.807) is 0 Å². The summed E-state index contributed by atoms with van der Waals surface area (Å²) in [6.07, 6.45) is 0.572. The number of nitrogens with zero attached hydrogens (tertiary/aromatic N) is 1. The predicted molar refractivity (Wildman–Crippen MR) is 37.9 cm³/mol. The maximum absolute atomic E-state index is 10.6. The minimum atomic E-state index is -4.81. The van der Waals surface area contributed by atoms with E-state index in [2.05, 4.69) is 0 Å². The zero-order chi connectivity index (χ0) is 9.41. The first-order valence-corrected chi connectivity index (χ1v) is 4.91. The van der Waals surface area contributed by atoms with E-state index in [-0.39, 0.29) is 42.4 Å². The molecule has 6 nitrogen and oxygen atoms in total. The molecule has 8 heteroatoms. The van der Waals surface area contributed by atoms with Crippen LogP contribution in [-0.2, 0) is 10.1 Å². The maximum Gasteiger partial charge on any atom is 1.00 e. The first kappa shape index (κ1) is 13.3. The molecule has 0 atom stereocenters. The van der Waals surface area contributed by atoms with Crippen molar-refractivity contribution in [2.45, 2.75) is 30.6 Å². The molecule has 0 radical (unpaired) electrons. The summed E-state index contributed by atoms with van der Waals surface area (Å²) in [7, 11) is -4.81. The molecule has 0 saturated heterocycles. The molecule has 0 unspecified atom stereocenters. The van der Waals surface area contributed by atoms with Crippen molar-refractivity contribution < 1.29 is 47.5 Å². The fraction of sp³-hybridized carbons (Fsp3) is 1.00. The second-order valence-electron chi connectivity index (χ2n) is 2.86.